The molecule has 1 heterocycles. The van der Waals surface area contributed by atoms with Gasteiger partial charge >= 0.3 is 6.03 Å². The first-order valence-corrected chi connectivity index (χ1v) is 7.35. The molecule has 1 atom stereocenters. The van der Waals surface area contributed by atoms with Gasteiger partial charge in [0.15, 0.2) is 0 Å². The van der Waals surface area contributed by atoms with Gasteiger partial charge in [-0.1, -0.05) is 17.7 Å². The number of rotatable bonds is 7. The van der Waals surface area contributed by atoms with E-state index in [1.54, 1.807) is 31.2 Å². The molecule has 0 aromatic heterocycles. The molecule has 0 bridgehead atoms. The third kappa shape index (κ3) is 3.69. The highest BCUT2D eigenvalue weighted by molar-refractivity contribution is 6.30. The summed E-state index contributed by atoms with van der Waals surface area (Å²) in [6.45, 7) is 2.48. The molecule has 0 radical (unpaired) electrons. The minimum absolute atomic E-state index is 0.146. The van der Waals surface area contributed by atoms with E-state index in [1.165, 1.54) is 12.0 Å². The smallest absolute Gasteiger partial charge is 0.325 e. The molecule has 1 N–H and O–H groups in total. The fourth-order valence-electron chi connectivity index (χ4n) is 2.31. The maximum atomic E-state index is 12.2. The number of carbonyl (C=O) groups excluding carboxylic acids is 2. The molecule has 1 aromatic carbocycles. The van der Waals surface area contributed by atoms with Gasteiger partial charge in [-0.15, -0.1) is 0 Å². The molecule has 1 saturated heterocycles. The second kappa shape index (κ2) is 6.98. The second-order valence-corrected chi connectivity index (χ2v) is 5.75. The lowest BCUT2D eigenvalue weighted by atomic mass is 10.0. The molecule has 6 nitrogen and oxygen atoms in total. The van der Waals surface area contributed by atoms with Crippen molar-refractivity contribution in [2.24, 2.45) is 0 Å². The van der Waals surface area contributed by atoms with E-state index in [0.717, 1.165) is 0 Å². The molecule has 22 heavy (non-hydrogen) atoms. The van der Waals surface area contributed by atoms with Crippen molar-refractivity contribution in [3.8, 4) is 5.75 Å². The van der Waals surface area contributed by atoms with Crippen LogP contribution in [-0.4, -0.2) is 49.2 Å². The first-order chi connectivity index (χ1) is 10.5. The quantitative estimate of drug-likeness (QED) is 0.615. The van der Waals surface area contributed by atoms with Crippen LogP contribution in [0.2, 0.25) is 5.02 Å². The summed E-state index contributed by atoms with van der Waals surface area (Å²) in [6, 6.07) is 6.68. The molecule has 120 valence electrons. The lowest BCUT2D eigenvalue weighted by Gasteiger charge is -2.20. The van der Waals surface area contributed by atoms with Gasteiger partial charge in [0, 0.05) is 18.7 Å². The number of ether oxygens (including phenoxy) is 2. The topological polar surface area (TPSA) is 67.9 Å². The van der Waals surface area contributed by atoms with E-state index < -0.39 is 11.6 Å². The van der Waals surface area contributed by atoms with Crippen LogP contribution in [0.15, 0.2) is 24.3 Å². The molecular weight excluding hydrogens is 308 g/mol. The summed E-state index contributed by atoms with van der Waals surface area (Å²) in [5, 5.41) is 3.25. The van der Waals surface area contributed by atoms with Gasteiger partial charge in [0.25, 0.3) is 5.91 Å². The number of benzene rings is 1. The number of hydrogen-bond acceptors (Lipinski definition) is 4. The van der Waals surface area contributed by atoms with Crippen LogP contribution in [0.3, 0.4) is 0 Å². The van der Waals surface area contributed by atoms with Crippen molar-refractivity contribution < 1.29 is 19.1 Å². The van der Waals surface area contributed by atoms with Gasteiger partial charge in [-0.2, -0.15) is 0 Å². The summed E-state index contributed by atoms with van der Waals surface area (Å²) in [7, 11) is 1.49. The van der Waals surface area contributed by atoms with Gasteiger partial charge < -0.3 is 14.8 Å². The van der Waals surface area contributed by atoms with Crippen LogP contribution in [0.4, 0.5) is 4.79 Å². The number of amides is 3. The molecule has 7 heteroatoms. The third-order valence-electron chi connectivity index (χ3n) is 3.37. The van der Waals surface area contributed by atoms with Crippen LogP contribution >= 0.6 is 11.6 Å². The van der Waals surface area contributed by atoms with Crippen molar-refractivity contribution in [1.29, 1.82) is 0 Å². The molecule has 2 rings (SSSR count). The summed E-state index contributed by atoms with van der Waals surface area (Å²) in [5.41, 5.74) is -0.986. The summed E-state index contributed by atoms with van der Waals surface area (Å²) < 4.78 is 10.5. The van der Waals surface area contributed by atoms with Gasteiger partial charge in [0.05, 0.1) is 13.2 Å². The summed E-state index contributed by atoms with van der Waals surface area (Å²) >= 11 is 5.86. The molecule has 0 aliphatic carbocycles. The molecule has 1 fully saturated rings. The Morgan fingerprint density at radius 2 is 2.14 bits per heavy atom. The number of methoxy groups -OCH3 is 1. The Morgan fingerprint density at radius 1 is 1.36 bits per heavy atom. The van der Waals surface area contributed by atoms with E-state index in [4.69, 9.17) is 21.1 Å². The van der Waals surface area contributed by atoms with Crippen molar-refractivity contribution in [2.45, 2.75) is 18.9 Å². The van der Waals surface area contributed by atoms with Crippen LogP contribution in [0.25, 0.3) is 0 Å². The van der Waals surface area contributed by atoms with Crippen LogP contribution in [0.1, 0.15) is 13.3 Å². The van der Waals surface area contributed by atoms with Gasteiger partial charge in [-0.25, -0.2) is 4.79 Å². The largest absolute Gasteiger partial charge is 0.493 e. The fourth-order valence-corrected chi connectivity index (χ4v) is 2.49. The number of halogens is 1. The second-order valence-electron chi connectivity index (χ2n) is 5.31. The van der Waals surface area contributed by atoms with E-state index in [-0.39, 0.29) is 12.5 Å². The average Bonchev–Trinajstić information content (AvgIpc) is 2.66. The van der Waals surface area contributed by atoms with Crippen LogP contribution < -0.4 is 10.1 Å². The predicted molar refractivity (Wildman–Crippen MR) is 82.1 cm³/mol. The summed E-state index contributed by atoms with van der Waals surface area (Å²) in [5.74, 6) is 0.385. The van der Waals surface area contributed by atoms with E-state index in [1.807, 2.05) is 0 Å². The Bertz CT molecular complexity index is 566. The SMILES string of the molecule is COC[C@]1(C)NC(=O)N(CCCOc2cccc(Cl)c2)C1=O. The minimum atomic E-state index is -0.986. The third-order valence-corrected chi connectivity index (χ3v) is 3.60. The van der Waals surface area contributed by atoms with E-state index in [0.29, 0.717) is 30.3 Å². The number of urea groups is 1. The van der Waals surface area contributed by atoms with Gasteiger partial charge in [-0.3, -0.25) is 9.69 Å². The monoisotopic (exact) mass is 326 g/mol. The predicted octanol–water partition coefficient (Wildman–Crippen LogP) is 2.07. The average molecular weight is 327 g/mol. The Kier molecular flexibility index (Phi) is 5.26. The minimum Gasteiger partial charge on any atom is -0.493 e. The number of nitrogens with one attached hydrogen (secondary N) is 1. The highest BCUT2D eigenvalue weighted by Crippen LogP contribution is 2.19. The van der Waals surface area contributed by atoms with Gasteiger partial charge in [0.2, 0.25) is 0 Å². The standard InChI is InChI=1S/C15H19ClN2O4/c1-15(10-21-2)13(19)18(14(20)17-15)7-4-8-22-12-6-3-5-11(16)9-12/h3,5-6,9H,4,7-8,10H2,1-2H3,(H,17,20)/t15-/m0/s1. The number of carbonyl (C=O) groups is 2. The fraction of sp³-hybridized carbons (Fsp3) is 0.467. The Balaban J connectivity index is 1.82. The molecule has 1 aromatic rings. The zero-order chi connectivity index (χ0) is 16.2. The number of nitrogens with zero attached hydrogens (tertiary/aromatic N) is 1. The van der Waals surface area contributed by atoms with Crippen molar-refractivity contribution in [2.75, 3.05) is 26.9 Å². The first-order valence-electron chi connectivity index (χ1n) is 6.98. The molecule has 0 spiro atoms. The molecule has 1 aliphatic rings. The van der Waals surface area contributed by atoms with Crippen molar-refractivity contribution in [1.82, 2.24) is 10.2 Å². The summed E-state index contributed by atoms with van der Waals surface area (Å²) in [6.07, 6.45) is 0.536. The zero-order valence-electron chi connectivity index (χ0n) is 12.6. The van der Waals surface area contributed by atoms with Gasteiger partial charge in [-0.05, 0) is 31.5 Å². The van der Waals surface area contributed by atoms with E-state index in [2.05, 4.69) is 5.32 Å². The Hall–Kier alpha value is -1.79. The van der Waals surface area contributed by atoms with E-state index in [9.17, 15) is 9.59 Å². The van der Waals surface area contributed by atoms with Gasteiger partial charge in [0.1, 0.15) is 11.3 Å². The maximum absolute atomic E-state index is 12.2. The van der Waals surface area contributed by atoms with Crippen LogP contribution in [0.5, 0.6) is 5.75 Å². The molecule has 1 aliphatic heterocycles. The Labute approximate surface area is 134 Å². The van der Waals surface area contributed by atoms with Crippen molar-refractivity contribution in [3.05, 3.63) is 29.3 Å². The molecule has 0 unspecified atom stereocenters. The van der Waals surface area contributed by atoms with Crippen LogP contribution in [-0.2, 0) is 9.53 Å². The number of imide groups is 1. The molecular formula is C15H19ClN2O4. The number of hydrogen-bond donors (Lipinski definition) is 1. The lowest BCUT2D eigenvalue weighted by Crippen LogP contribution is -2.48. The van der Waals surface area contributed by atoms with Crippen LogP contribution in [0, 0.1) is 0 Å². The summed E-state index contributed by atoms with van der Waals surface area (Å²) in [4.78, 5) is 25.3. The zero-order valence-corrected chi connectivity index (χ0v) is 13.4. The molecule has 0 saturated carbocycles. The molecule has 3 amide bonds. The van der Waals surface area contributed by atoms with Crippen molar-refractivity contribution >= 4 is 23.5 Å². The lowest BCUT2D eigenvalue weighted by molar-refractivity contribution is -0.132. The normalized spacial score (nSPS) is 21.1. The van der Waals surface area contributed by atoms with Crippen molar-refractivity contribution in [3.63, 3.8) is 0 Å². The Morgan fingerprint density at radius 3 is 2.82 bits per heavy atom. The van der Waals surface area contributed by atoms with E-state index >= 15 is 0 Å². The maximum Gasteiger partial charge on any atom is 0.325 e. The highest BCUT2D eigenvalue weighted by atomic mass is 35.5. The first kappa shape index (κ1) is 16.6. The highest BCUT2D eigenvalue weighted by Gasteiger charge is 2.47.